The van der Waals surface area contributed by atoms with Crippen molar-refractivity contribution >= 4 is 11.7 Å². The first-order chi connectivity index (χ1) is 7.97. The van der Waals surface area contributed by atoms with E-state index >= 15 is 0 Å². The molecule has 7 heteroatoms. The molecule has 1 rings (SSSR count). The molecule has 0 bridgehead atoms. The van der Waals surface area contributed by atoms with Crippen LogP contribution in [0, 0.1) is 10.1 Å². The highest BCUT2D eigenvalue weighted by molar-refractivity contribution is 5.76. The van der Waals surface area contributed by atoms with E-state index in [9.17, 15) is 20.0 Å². The predicted molar refractivity (Wildman–Crippen MR) is 58.5 cm³/mol. The Balaban J connectivity index is 2.96. The van der Waals surface area contributed by atoms with E-state index in [4.69, 9.17) is 5.73 Å². The number of ether oxygens (including phenoxy) is 1. The molecule has 1 unspecified atom stereocenters. The molecule has 0 aromatic heterocycles. The van der Waals surface area contributed by atoms with Gasteiger partial charge >= 0.3 is 11.7 Å². The molecule has 0 spiro atoms. The molecule has 1 aromatic rings. The van der Waals surface area contributed by atoms with Crippen molar-refractivity contribution in [3.8, 4) is 5.75 Å². The summed E-state index contributed by atoms with van der Waals surface area (Å²) in [7, 11) is 1.19. The van der Waals surface area contributed by atoms with Gasteiger partial charge in [0, 0.05) is 18.1 Å². The first kappa shape index (κ1) is 12.9. The number of nitro benzene ring substituents is 1. The van der Waals surface area contributed by atoms with Crippen molar-refractivity contribution in [2.75, 3.05) is 7.11 Å². The summed E-state index contributed by atoms with van der Waals surface area (Å²) < 4.78 is 4.42. The summed E-state index contributed by atoms with van der Waals surface area (Å²) in [4.78, 5) is 21.0. The molecule has 1 atom stereocenters. The minimum atomic E-state index is -0.965. The lowest BCUT2D eigenvalue weighted by Gasteiger charge is -2.10. The fourth-order valence-electron chi connectivity index (χ4n) is 1.36. The molecule has 0 heterocycles. The number of esters is 1. The Morgan fingerprint density at radius 3 is 2.82 bits per heavy atom. The summed E-state index contributed by atoms with van der Waals surface area (Å²) in [5.74, 6) is -1.12. The topological polar surface area (TPSA) is 116 Å². The summed E-state index contributed by atoms with van der Waals surface area (Å²) in [6, 6.07) is 3.08. The van der Waals surface area contributed by atoms with Crippen molar-refractivity contribution in [3.05, 3.63) is 33.9 Å². The van der Waals surface area contributed by atoms with Gasteiger partial charge in [-0.1, -0.05) is 12.1 Å². The van der Waals surface area contributed by atoms with Crippen molar-refractivity contribution in [3.63, 3.8) is 0 Å². The van der Waals surface area contributed by atoms with Gasteiger partial charge in [0.2, 0.25) is 0 Å². The van der Waals surface area contributed by atoms with Crippen molar-refractivity contribution in [1.82, 2.24) is 0 Å². The zero-order valence-electron chi connectivity index (χ0n) is 9.12. The molecule has 92 valence electrons. The molecule has 0 amide bonds. The van der Waals surface area contributed by atoms with E-state index in [-0.39, 0.29) is 12.0 Å². The Kier molecular flexibility index (Phi) is 4.00. The molecule has 0 radical (unpaired) electrons. The maximum atomic E-state index is 11.1. The number of aromatic hydroxyl groups is 1. The third kappa shape index (κ3) is 2.91. The van der Waals surface area contributed by atoms with Crippen LogP contribution in [0.3, 0.4) is 0 Å². The Morgan fingerprint density at radius 1 is 1.65 bits per heavy atom. The first-order valence-corrected chi connectivity index (χ1v) is 4.76. The second-order valence-electron chi connectivity index (χ2n) is 3.38. The standard InChI is InChI=1S/C10H12N2O5/c1-17-10(14)7(11)5-6-3-2-4-8(9(6)13)12(15)16/h2-4,7,13H,5,11H2,1H3. The smallest absolute Gasteiger partial charge is 0.322 e. The SMILES string of the molecule is COC(=O)C(N)Cc1cccc([N+](=O)[O-])c1O. The number of carbonyl (C=O) groups excluding carboxylic acids is 1. The lowest BCUT2D eigenvalue weighted by molar-refractivity contribution is -0.385. The first-order valence-electron chi connectivity index (χ1n) is 4.76. The van der Waals surface area contributed by atoms with E-state index in [1.54, 1.807) is 0 Å². The summed E-state index contributed by atoms with van der Waals surface area (Å²) in [5.41, 5.74) is 5.32. The van der Waals surface area contributed by atoms with Gasteiger partial charge in [0.1, 0.15) is 6.04 Å². The van der Waals surface area contributed by atoms with E-state index < -0.39 is 28.4 Å². The predicted octanol–water partition coefficient (Wildman–Crippen LogP) is 0.343. The highest BCUT2D eigenvalue weighted by atomic mass is 16.6. The maximum absolute atomic E-state index is 11.1. The van der Waals surface area contributed by atoms with Crippen LogP contribution in [0.1, 0.15) is 5.56 Å². The molecule has 0 saturated heterocycles. The Morgan fingerprint density at radius 2 is 2.29 bits per heavy atom. The number of phenols is 1. The summed E-state index contributed by atoms with van der Waals surface area (Å²) in [6.07, 6.45) is -0.0276. The zero-order valence-corrected chi connectivity index (χ0v) is 9.12. The monoisotopic (exact) mass is 240 g/mol. The molecule has 7 nitrogen and oxygen atoms in total. The van der Waals surface area contributed by atoms with Gasteiger partial charge in [0.05, 0.1) is 12.0 Å². The number of carbonyl (C=O) groups is 1. The van der Waals surface area contributed by atoms with Gasteiger partial charge in [-0.15, -0.1) is 0 Å². The summed E-state index contributed by atoms with van der Waals surface area (Å²) >= 11 is 0. The second kappa shape index (κ2) is 5.26. The van der Waals surface area contributed by atoms with Crippen LogP contribution < -0.4 is 5.73 Å². The molecule has 1 aromatic carbocycles. The lowest BCUT2D eigenvalue weighted by Crippen LogP contribution is -2.33. The fraction of sp³-hybridized carbons (Fsp3) is 0.300. The van der Waals surface area contributed by atoms with Crippen LogP contribution in [0.5, 0.6) is 5.75 Å². The summed E-state index contributed by atoms with van der Waals surface area (Å²) in [5, 5.41) is 20.2. The minimum absolute atomic E-state index is 0.0276. The fourth-order valence-corrected chi connectivity index (χ4v) is 1.36. The van der Waals surface area contributed by atoms with Crippen LogP contribution in [-0.2, 0) is 16.0 Å². The molecule has 0 aliphatic carbocycles. The third-order valence-corrected chi connectivity index (χ3v) is 2.24. The lowest BCUT2D eigenvalue weighted by atomic mass is 10.0. The normalized spacial score (nSPS) is 11.9. The van der Waals surface area contributed by atoms with Crippen molar-refractivity contribution in [1.29, 1.82) is 0 Å². The molecule has 0 fully saturated rings. The van der Waals surface area contributed by atoms with Crippen molar-refractivity contribution in [2.45, 2.75) is 12.5 Å². The van der Waals surface area contributed by atoms with Crippen LogP contribution in [0.15, 0.2) is 18.2 Å². The number of methoxy groups -OCH3 is 1. The average molecular weight is 240 g/mol. The number of para-hydroxylation sites is 1. The van der Waals surface area contributed by atoms with E-state index in [0.717, 1.165) is 0 Å². The Labute approximate surface area is 97.0 Å². The Bertz CT molecular complexity index is 446. The molecule has 17 heavy (non-hydrogen) atoms. The molecule has 0 aliphatic heterocycles. The number of nitrogens with two attached hydrogens (primary N) is 1. The molecular weight excluding hydrogens is 228 g/mol. The van der Waals surface area contributed by atoms with Gasteiger partial charge in [-0.3, -0.25) is 14.9 Å². The van der Waals surface area contributed by atoms with Gasteiger partial charge in [-0.25, -0.2) is 0 Å². The minimum Gasteiger partial charge on any atom is -0.502 e. The maximum Gasteiger partial charge on any atom is 0.322 e. The largest absolute Gasteiger partial charge is 0.502 e. The summed E-state index contributed by atoms with van der Waals surface area (Å²) in [6.45, 7) is 0. The molecule has 0 aliphatic rings. The van der Waals surface area contributed by atoms with Gasteiger partial charge < -0.3 is 15.6 Å². The molecule has 3 N–H and O–H groups in total. The molecular formula is C10H12N2O5. The van der Waals surface area contributed by atoms with E-state index in [1.165, 1.54) is 25.3 Å². The van der Waals surface area contributed by atoms with E-state index in [0.29, 0.717) is 0 Å². The van der Waals surface area contributed by atoms with Crippen molar-refractivity contribution in [2.24, 2.45) is 5.73 Å². The van der Waals surface area contributed by atoms with E-state index in [2.05, 4.69) is 4.74 Å². The number of nitro groups is 1. The average Bonchev–Trinajstić information content (AvgIpc) is 2.30. The van der Waals surface area contributed by atoms with Crippen LogP contribution in [0.25, 0.3) is 0 Å². The number of rotatable bonds is 4. The van der Waals surface area contributed by atoms with Crippen molar-refractivity contribution < 1.29 is 19.6 Å². The van der Waals surface area contributed by atoms with Gasteiger partial charge in [0.25, 0.3) is 0 Å². The highest BCUT2D eigenvalue weighted by Crippen LogP contribution is 2.29. The number of nitrogens with zero attached hydrogens (tertiary/aromatic N) is 1. The van der Waals surface area contributed by atoms with Crippen LogP contribution in [0.4, 0.5) is 5.69 Å². The van der Waals surface area contributed by atoms with Crippen LogP contribution in [0.2, 0.25) is 0 Å². The number of hydrogen-bond acceptors (Lipinski definition) is 6. The van der Waals surface area contributed by atoms with E-state index in [1.807, 2.05) is 0 Å². The van der Waals surface area contributed by atoms with Gasteiger partial charge in [0.15, 0.2) is 5.75 Å². The van der Waals surface area contributed by atoms with Gasteiger partial charge in [-0.05, 0) is 0 Å². The number of hydrogen-bond donors (Lipinski definition) is 2. The van der Waals surface area contributed by atoms with Crippen LogP contribution >= 0.6 is 0 Å². The number of phenolic OH excluding ortho intramolecular Hbond substituents is 1. The second-order valence-corrected chi connectivity index (χ2v) is 3.38. The quantitative estimate of drug-likeness (QED) is 0.445. The van der Waals surface area contributed by atoms with Gasteiger partial charge in [-0.2, -0.15) is 0 Å². The zero-order chi connectivity index (χ0) is 13.0. The third-order valence-electron chi connectivity index (χ3n) is 2.24. The van der Waals surface area contributed by atoms with Crippen LogP contribution in [-0.4, -0.2) is 29.2 Å². The Hall–Kier alpha value is -2.15. The highest BCUT2D eigenvalue weighted by Gasteiger charge is 2.21. The number of benzene rings is 1. The molecule has 0 saturated carbocycles.